The van der Waals surface area contributed by atoms with Gasteiger partial charge in [-0.3, -0.25) is 9.69 Å². The zero-order valence-electron chi connectivity index (χ0n) is 17.5. The van der Waals surface area contributed by atoms with Crippen LogP contribution in [0.25, 0.3) is 0 Å². The fourth-order valence-corrected chi connectivity index (χ4v) is 3.65. The molecule has 156 valence electrons. The minimum absolute atomic E-state index is 0.109. The molecule has 1 N–H and O–H groups in total. The topological polar surface area (TPSA) is 48.1 Å². The Hall–Kier alpha value is -2.73. The Kier molecular flexibility index (Phi) is 7.76. The summed E-state index contributed by atoms with van der Waals surface area (Å²) in [6.45, 7) is 5.64. The Morgan fingerprint density at radius 2 is 1.72 bits per heavy atom. The maximum absolute atomic E-state index is 12.3. The quantitative estimate of drug-likeness (QED) is 0.660. The molecule has 1 heterocycles. The van der Waals surface area contributed by atoms with E-state index in [9.17, 15) is 4.79 Å². The van der Waals surface area contributed by atoms with Crippen LogP contribution in [0.2, 0.25) is 0 Å². The highest BCUT2D eigenvalue weighted by Crippen LogP contribution is 2.28. The van der Waals surface area contributed by atoms with Crippen LogP contribution in [0, 0.1) is 0 Å². The van der Waals surface area contributed by atoms with Crippen molar-refractivity contribution in [3.8, 4) is 5.75 Å². The van der Waals surface area contributed by atoms with E-state index in [1.165, 1.54) is 5.69 Å². The van der Waals surface area contributed by atoms with E-state index in [0.717, 1.165) is 50.6 Å². The van der Waals surface area contributed by atoms with Crippen LogP contribution in [0.4, 0.5) is 11.4 Å². The number of hydrogen-bond acceptors (Lipinski definition) is 5. The third kappa shape index (κ3) is 6.12. The second kappa shape index (κ2) is 10.7. The smallest absolute Gasteiger partial charge is 0.234 e. The normalized spacial score (nSPS) is 14.5. The number of hydrogen-bond donors (Lipinski definition) is 1. The summed E-state index contributed by atoms with van der Waals surface area (Å²) in [5.74, 6) is 1.01. The molecule has 6 heteroatoms. The summed E-state index contributed by atoms with van der Waals surface area (Å²) in [6.07, 6.45) is 0.929. The lowest BCUT2D eigenvalue weighted by Crippen LogP contribution is -2.49. The molecule has 0 saturated carbocycles. The van der Waals surface area contributed by atoms with E-state index in [-0.39, 0.29) is 5.91 Å². The summed E-state index contributed by atoms with van der Waals surface area (Å²) < 4.78 is 5.47. The van der Waals surface area contributed by atoms with Crippen molar-refractivity contribution < 1.29 is 9.53 Å². The van der Waals surface area contributed by atoms with Crippen molar-refractivity contribution in [3.63, 3.8) is 0 Å². The lowest BCUT2D eigenvalue weighted by Gasteiger charge is -2.36. The molecule has 0 spiro atoms. The van der Waals surface area contributed by atoms with Crippen molar-refractivity contribution in [1.29, 1.82) is 0 Å². The van der Waals surface area contributed by atoms with E-state index in [4.69, 9.17) is 4.74 Å². The van der Waals surface area contributed by atoms with Gasteiger partial charge in [-0.2, -0.15) is 0 Å². The Bertz CT molecular complexity index is 760. The highest BCUT2D eigenvalue weighted by atomic mass is 16.5. The molecule has 3 rings (SSSR count). The van der Waals surface area contributed by atoms with Crippen LogP contribution in [0.15, 0.2) is 54.6 Å². The molecule has 1 amide bonds. The molecule has 0 unspecified atom stereocenters. The van der Waals surface area contributed by atoms with Crippen LogP contribution in [-0.4, -0.2) is 70.8 Å². The Morgan fingerprint density at radius 1 is 1.03 bits per heavy atom. The van der Waals surface area contributed by atoms with Crippen LogP contribution >= 0.6 is 0 Å². The third-order valence-corrected chi connectivity index (χ3v) is 5.35. The fourth-order valence-electron chi connectivity index (χ4n) is 3.65. The number of para-hydroxylation sites is 3. The minimum Gasteiger partial charge on any atom is -0.495 e. The van der Waals surface area contributed by atoms with Gasteiger partial charge in [-0.15, -0.1) is 0 Å². The Balaban J connectivity index is 1.33. The lowest BCUT2D eigenvalue weighted by molar-refractivity contribution is -0.122. The predicted molar refractivity (Wildman–Crippen MR) is 119 cm³/mol. The molecule has 29 heavy (non-hydrogen) atoms. The molecular formula is C23H32N4O2. The summed E-state index contributed by atoms with van der Waals surface area (Å²) in [7, 11) is 3.79. The molecule has 1 aliphatic heterocycles. The van der Waals surface area contributed by atoms with Gasteiger partial charge in [0, 0.05) is 52.0 Å². The van der Waals surface area contributed by atoms with E-state index in [1.807, 2.05) is 36.4 Å². The lowest BCUT2D eigenvalue weighted by atomic mass is 10.2. The van der Waals surface area contributed by atoms with Gasteiger partial charge in [0.15, 0.2) is 0 Å². The van der Waals surface area contributed by atoms with Crippen molar-refractivity contribution in [2.45, 2.75) is 6.42 Å². The maximum atomic E-state index is 12.3. The van der Waals surface area contributed by atoms with Crippen LogP contribution in [0.3, 0.4) is 0 Å². The number of benzene rings is 2. The van der Waals surface area contributed by atoms with Gasteiger partial charge in [-0.1, -0.05) is 30.3 Å². The molecular weight excluding hydrogens is 364 g/mol. The summed E-state index contributed by atoms with van der Waals surface area (Å²) in [5.41, 5.74) is 2.33. The average molecular weight is 397 g/mol. The molecule has 0 aromatic heterocycles. The van der Waals surface area contributed by atoms with E-state index < -0.39 is 0 Å². The number of ether oxygens (including phenoxy) is 1. The minimum atomic E-state index is 0.109. The largest absolute Gasteiger partial charge is 0.495 e. The fraction of sp³-hybridized carbons (Fsp3) is 0.435. The van der Waals surface area contributed by atoms with Crippen molar-refractivity contribution in [2.75, 3.05) is 69.8 Å². The molecule has 0 radical (unpaired) electrons. The molecule has 1 fully saturated rings. The van der Waals surface area contributed by atoms with Crippen LogP contribution < -0.4 is 19.9 Å². The summed E-state index contributed by atoms with van der Waals surface area (Å²) >= 11 is 0. The van der Waals surface area contributed by atoms with Crippen molar-refractivity contribution >= 4 is 17.3 Å². The standard InChI is InChI=1S/C23H32N4O2/c1-25(20-9-4-3-5-10-20)14-8-13-24-23(28)19-26-15-17-27(18-16-26)21-11-6-7-12-22(21)29-2/h3-7,9-12H,8,13-19H2,1-2H3,(H,24,28). The van der Waals surface area contributed by atoms with Gasteiger partial charge >= 0.3 is 0 Å². The number of carbonyl (C=O) groups excluding carboxylic acids is 1. The summed E-state index contributed by atoms with van der Waals surface area (Å²) in [4.78, 5) is 19.0. The number of rotatable bonds is 9. The zero-order chi connectivity index (χ0) is 20.5. The number of nitrogens with zero attached hydrogens (tertiary/aromatic N) is 3. The van der Waals surface area contributed by atoms with Gasteiger partial charge in [-0.05, 0) is 30.7 Å². The van der Waals surface area contributed by atoms with Crippen molar-refractivity contribution in [2.24, 2.45) is 0 Å². The molecule has 0 bridgehead atoms. The number of carbonyl (C=O) groups is 1. The summed E-state index contributed by atoms with van der Waals surface area (Å²) in [6, 6.07) is 18.4. The van der Waals surface area contributed by atoms with Crippen molar-refractivity contribution in [1.82, 2.24) is 10.2 Å². The van der Waals surface area contributed by atoms with E-state index >= 15 is 0 Å². The number of nitrogens with one attached hydrogen (secondary N) is 1. The molecule has 0 atom stereocenters. The van der Waals surface area contributed by atoms with Gasteiger partial charge in [0.05, 0.1) is 19.3 Å². The number of piperazine rings is 1. The maximum Gasteiger partial charge on any atom is 0.234 e. The van der Waals surface area contributed by atoms with Gasteiger partial charge in [0.25, 0.3) is 0 Å². The zero-order valence-corrected chi connectivity index (χ0v) is 17.5. The van der Waals surface area contributed by atoms with Crippen molar-refractivity contribution in [3.05, 3.63) is 54.6 Å². The molecule has 2 aromatic carbocycles. The number of amides is 1. The van der Waals surface area contributed by atoms with Gasteiger partial charge in [0.1, 0.15) is 5.75 Å². The SMILES string of the molecule is COc1ccccc1N1CCN(CC(=O)NCCCN(C)c2ccccc2)CC1. The van der Waals surface area contributed by atoms with Gasteiger partial charge in [-0.25, -0.2) is 0 Å². The average Bonchev–Trinajstić information content (AvgIpc) is 2.77. The second-order valence-corrected chi connectivity index (χ2v) is 7.40. The highest BCUT2D eigenvalue weighted by Gasteiger charge is 2.20. The van der Waals surface area contributed by atoms with E-state index in [1.54, 1.807) is 7.11 Å². The first-order valence-electron chi connectivity index (χ1n) is 10.3. The molecule has 6 nitrogen and oxygen atoms in total. The van der Waals surface area contributed by atoms with E-state index in [0.29, 0.717) is 13.1 Å². The van der Waals surface area contributed by atoms with Crippen LogP contribution in [-0.2, 0) is 4.79 Å². The molecule has 1 saturated heterocycles. The van der Waals surface area contributed by atoms with Gasteiger partial charge in [0.2, 0.25) is 5.91 Å². The third-order valence-electron chi connectivity index (χ3n) is 5.35. The highest BCUT2D eigenvalue weighted by molar-refractivity contribution is 5.78. The predicted octanol–water partition coefficient (Wildman–Crippen LogP) is 2.46. The van der Waals surface area contributed by atoms with Crippen LogP contribution in [0.1, 0.15) is 6.42 Å². The molecule has 2 aromatic rings. The molecule has 0 aliphatic carbocycles. The van der Waals surface area contributed by atoms with Crippen LogP contribution in [0.5, 0.6) is 5.75 Å². The first kappa shape index (κ1) is 21.0. The Morgan fingerprint density at radius 3 is 2.45 bits per heavy atom. The second-order valence-electron chi connectivity index (χ2n) is 7.40. The monoisotopic (exact) mass is 396 g/mol. The molecule has 1 aliphatic rings. The van der Waals surface area contributed by atoms with E-state index in [2.05, 4.69) is 45.3 Å². The summed E-state index contributed by atoms with van der Waals surface area (Å²) in [5, 5.41) is 3.06. The first-order chi connectivity index (χ1) is 14.2. The van der Waals surface area contributed by atoms with Gasteiger partial charge < -0.3 is 19.9 Å². The first-order valence-corrected chi connectivity index (χ1v) is 10.3. The number of anilines is 2. The Labute approximate surface area is 174 Å². The number of methoxy groups -OCH3 is 1.